The largest absolute Gasteiger partial charge is 0.402 e. The standard InChI is InChI=1S/C17H24.C10H15N/c1-5-7-8-9-17-13-16(11-10-15(17)4)12-14(3)6-2;1-3-8(2)6-9-4-5-10(11)7-9/h5,10-11,13H,1,3,6-9,12H2,2,4H3;4-6H,3,7,11H2,1-2H3/b;8-6-. The van der Waals surface area contributed by atoms with E-state index in [-0.39, 0.29) is 0 Å². The van der Waals surface area contributed by atoms with Crippen LogP contribution in [-0.2, 0) is 12.8 Å². The third kappa shape index (κ3) is 9.08. The number of nitrogens with two attached hydrogens (primary N) is 1. The van der Waals surface area contributed by atoms with Gasteiger partial charge < -0.3 is 5.73 Å². The van der Waals surface area contributed by atoms with Crippen molar-refractivity contribution < 1.29 is 0 Å². The third-order valence-electron chi connectivity index (χ3n) is 5.13. The highest BCUT2D eigenvalue weighted by molar-refractivity contribution is 5.37. The van der Waals surface area contributed by atoms with Crippen molar-refractivity contribution in [2.24, 2.45) is 5.73 Å². The number of rotatable bonds is 9. The van der Waals surface area contributed by atoms with E-state index in [2.05, 4.69) is 71.2 Å². The maximum Gasteiger partial charge on any atom is 0.0125 e. The monoisotopic (exact) mass is 377 g/mol. The molecule has 0 radical (unpaired) electrons. The maximum absolute atomic E-state index is 5.62. The van der Waals surface area contributed by atoms with Gasteiger partial charge in [-0.05, 0) is 80.7 Å². The minimum absolute atomic E-state index is 0.928. The summed E-state index contributed by atoms with van der Waals surface area (Å²) >= 11 is 0. The van der Waals surface area contributed by atoms with Crippen LogP contribution in [0, 0.1) is 6.92 Å². The fourth-order valence-electron chi connectivity index (χ4n) is 3.04. The molecule has 0 saturated heterocycles. The minimum Gasteiger partial charge on any atom is -0.402 e. The molecule has 1 aromatic carbocycles. The average Bonchev–Trinajstić information content (AvgIpc) is 3.09. The Labute approximate surface area is 173 Å². The first-order valence-electron chi connectivity index (χ1n) is 10.6. The summed E-state index contributed by atoms with van der Waals surface area (Å²) in [6.45, 7) is 16.5. The van der Waals surface area contributed by atoms with Crippen molar-refractivity contribution in [3.05, 3.63) is 94.8 Å². The third-order valence-corrected chi connectivity index (χ3v) is 5.13. The van der Waals surface area contributed by atoms with Crippen LogP contribution in [0.4, 0.5) is 0 Å². The Morgan fingerprint density at radius 2 is 1.93 bits per heavy atom. The molecule has 0 aliphatic heterocycles. The zero-order valence-corrected chi connectivity index (χ0v) is 18.5. The zero-order valence-electron chi connectivity index (χ0n) is 18.5. The Bertz CT molecular complexity index is 744. The molecule has 1 aliphatic rings. The van der Waals surface area contributed by atoms with E-state index in [0.29, 0.717) is 0 Å². The van der Waals surface area contributed by atoms with Gasteiger partial charge in [0.2, 0.25) is 0 Å². The van der Waals surface area contributed by atoms with Crippen molar-refractivity contribution in [3.8, 4) is 0 Å². The van der Waals surface area contributed by atoms with Crippen molar-refractivity contribution in [2.45, 2.75) is 72.6 Å². The molecule has 0 bridgehead atoms. The van der Waals surface area contributed by atoms with Crippen LogP contribution in [0.3, 0.4) is 0 Å². The molecule has 1 aliphatic carbocycles. The van der Waals surface area contributed by atoms with Gasteiger partial charge in [0.15, 0.2) is 0 Å². The van der Waals surface area contributed by atoms with E-state index in [1.165, 1.54) is 39.8 Å². The molecule has 0 saturated carbocycles. The first-order valence-corrected chi connectivity index (χ1v) is 10.6. The molecular weight excluding hydrogens is 338 g/mol. The summed E-state index contributed by atoms with van der Waals surface area (Å²) in [6, 6.07) is 6.81. The van der Waals surface area contributed by atoms with E-state index < -0.39 is 0 Å². The van der Waals surface area contributed by atoms with Crippen molar-refractivity contribution >= 4 is 0 Å². The fourth-order valence-corrected chi connectivity index (χ4v) is 3.04. The van der Waals surface area contributed by atoms with Crippen LogP contribution in [0.2, 0.25) is 0 Å². The molecule has 152 valence electrons. The van der Waals surface area contributed by atoms with Gasteiger partial charge in [0.1, 0.15) is 0 Å². The topological polar surface area (TPSA) is 26.0 Å². The number of aryl methyl sites for hydroxylation is 2. The summed E-state index contributed by atoms with van der Waals surface area (Å²) in [5.41, 5.74) is 14.9. The highest BCUT2D eigenvalue weighted by Gasteiger charge is 2.02. The molecular formula is C27H39N. The van der Waals surface area contributed by atoms with Gasteiger partial charge in [0, 0.05) is 12.1 Å². The highest BCUT2D eigenvalue weighted by atomic mass is 14.6. The summed E-state index contributed by atoms with van der Waals surface area (Å²) in [7, 11) is 0. The summed E-state index contributed by atoms with van der Waals surface area (Å²) < 4.78 is 0. The van der Waals surface area contributed by atoms with E-state index in [0.717, 1.165) is 44.2 Å². The molecule has 0 aromatic heterocycles. The van der Waals surface area contributed by atoms with Gasteiger partial charge in [0.05, 0.1) is 0 Å². The zero-order chi connectivity index (χ0) is 20.9. The summed E-state index contributed by atoms with van der Waals surface area (Å²) in [4.78, 5) is 0. The second-order valence-corrected chi connectivity index (χ2v) is 7.73. The molecule has 1 heteroatoms. The molecule has 28 heavy (non-hydrogen) atoms. The molecule has 1 aromatic rings. The van der Waals surface area contributed by atoms with Crippen molar-refractivity contribution in [3.63, 3.8) is 0 Å². The van der Waals surface area contributed by atoms with Crippen LogP contribution >= 0.6 is 0 Å². The summed E-state index contributed by atoms with van der Waals surface area (Å²) in [6.07, 6.45) is 15.9. The van der Waals surface area contributed by atoms with E-state index in [4.69, 9.17) is 5.73 Å². The average molecular weight is 378 g/mol. The quantitative estimate of drug-likeness (QED) is 0.349. The number of allylic oxidation sites excluding steroid dienone is 7. The second kappa shape index (κ2) is 13.0. The Balaban J connectivity index is 0.000000307. The molecule has 0 amide bonds. The van der Waals surface area contributed by atoms with Crippen molar-refractivity contribution in [1.82, 2.24) is 0 Å². The minimum atomic E-state index is 0.928. The van der Waals surface area contributed by atoms with Crippen molar-refractivity contribution in [2.75, 3.05) is 0 Å². The molecule has 2 rings (SSSR count). The number of unbranched alkanes of at least 4 members (excludes halogenated alkanes) is 1. The van der Waals surface area contributed by atoms with E-state index in [9.17, 15) is 0 Å². The van der Waals surface area contributed by atoms with E-state index in [1.807, 2.05) is 12.2 Å². The lowest BCUT2D eigenvalue weighted by atomic mass is 9.96. The highest BCUT2D eigenvalue weighted by Crippen LogP contribution is 2.18. The predicted octanol–water partition coefficient (Wildman–Crippen LogP) is 7.53. The van der Waals surface area contributed by atoms with Gasteiger partial charge in [-0.3, -0.25) is 0 Å². The van der Waals surface area contributed by atoms with E-state index >= 15 is 0 Å². The lowest BCUT2D eigenvalue weighted by Crippen LogP contribution is -1.94. The number of benzene rings is 1. The van der Waals surface area contributed by atoms with Crippen LogP contribution in [0.5, 0.6) is 0 Å². The van der Waals surface area contributed by atoms with Crippen LogP contribution in [-0.4, -0.2) is 0 Å². The Morgan fingerprint density at radius 3 is 2.50 bits per heavy atom. The van der Waals surface area contributed by atoms with E-state index in [1.54, 1.807) is 0 Å². The van der Waals surface area contributed by atoms with Crippen LogP contribution in [0.15, 0.2) is 78.1 Å². The first kappa shape index (κ1) is 23.8. The fraction of sp³-hybridized carbons (Fsp3) is 0.407. The van der Waals surface area contributed by atoms with Crippen molar-refractivity contribution in [1.29, 1.82) is 0 Å². The second-order valence-electron chi connectivity index (χ2n) is 7.73. The van der Waals surface area contributed by atoms with Crippen LogP contribution < -0.4 is 5.73 Å². The molecule has 1 nitrogen and oxygen atoms in total. The smallest absolute Gasteiger partial charge is 0.0125 e. The van der Waals surface area contributed by atoms with Gasteiger partial charge in [0.25, 0.3) is 0 Å². The normalized spacial score (nSPS) is 13.4. The lowest BCUT2D eigenvalue weighted by Gasteiger charge is -2.09. The van der Waals surface area contributed by atoms with Gasteiger partial charge in [-0.1, -0.05) is 68.0 Å². The molecule has 2 N–H and O–H groups in total. The molecule has 0 atom stereocenters. The number of hydrogen-bond donors (Lipinski definition) is 1. The van der Waals surface area contributed by atoms with Gasteiger partial charge >= 0.3 is 0 Å². The Hall–Kier alpha value is -2.28. The summed E-state index contributed by atoms with van der Waals surface area (Å²) in [5, 5.41) is 0. The van der Waals surface area contributed by atoms with Gasteiger partial charge in [-0.2, -0.15) is 0 Å². The Morgan fingerprint density at radius 1 is 1.18 bits per heavy atom. The maximum atomic E-state index is 5.62. The first-order chi connectivity index (χ1) is 13.4. The molecule has 0 heterocycles. The van der Waals surface area contributed by atoms with Crippen LogP contribution in [0.25, 0.3) is 0 Å². The van der Waals surface area contributed by atoms with Gasteiger partial charge in [-0.25, -0.2) is 0 Å². The Kier molecular flexibility index (Phi) is 11.0. The summed E-state index contributed by atoms with van der Waals surface area (Å²) in [5.74, 6) is 0. The lowest BCUT2D eigenvalue weighted by molar-refractivity contribution is 0.836. The van der Waals surface area contributed by atoms with Gasteiger partial charge in [-0.15, -0.1) is 6.58 Å². The van der Waals surface area contributed by atoms with Crippen LogP contribution in [0.1, 0.15) is 69.6 Å². The molecule has 0 spiro atoms. The molecule has 0 fully saturated rings. The SMILES string of the molecule is C=CCCCc1cc(CC(=C)CC)ccc1C.CC/C(C)=C\C1=CC=C(N)C1. The predicted molar refractivity (Wildman–Crippen MR) is 126 cm³/mol. The molecule has 0 unspecified atom stereocenters. The number of hydrogen-bond acceptors (Lipinski definition) is 1.